The highest BCUT2D eigenvalue weighted by atomic mass is 16.1. The minimum absolute atomic E-state index is 0.674. The lowest BCUT2D eigenvalue weighted by molar-refractivity contribution is 0.565. The Morgan fingerprint density at radius 2 is 1.67 bits per heavy atom. The molecule has 0 aliphatic heterocycles. The second kappa shape index (κ2) is 5.74. The molecule has 2 nitrogen and oxygen atoms in total. The average Bonchev–Trinajstić information content (AvgIpc) is 2.33. The summed E-state index contributed by atoms with van der Waals surface area (Å²) in [6, 6.07) is 13.5. The summed E-state index contributed by atoms with van der Waals surface area (Å²) in [4.78, 5) is 13.8. The van der Waals surface area contributed by atoms with Gasteiger partial charge >= 0.3 is 0 Å². The van der Waals surface area contributed by atoms with Gasteiger partial charge in [0.2, 0.25) is 6.08 Å². The maximum atomic E-state index is 10.1. The minimum Gasteiger partial charge on any atom is -0.211 e. The van der Waals surface area contributed by atoms with Crippen LogP contribution < -0.4 is 0 Å². The highest BCUT2D eigenvalue weighted by molar-refractivity contribution is 5.93. The predicted octanol–water partition coefficient (Wildman–Crippen LogP) is 3.83. The first-order valence-electron chi connectivity index (χ1n) is 4.97. The molecule has 0 spiro atoms. The fourth-order valence-electron chi connectivity index (χ4n) is 1.35. The molecule has 0 aliphatic rings. The Hall–Kier alpha value is -1.92. The summed E-state index contributed by atoms with van der Waals surface area (Å²) in [6.07, 6.45) is 1.55. The fraction of sp³-hybridized carbons (Fsp3) is 0.154. The topological polar surface area (TPSA) is 29.4 Å². The number of hydrogen-bond acceptors (Lipinski definition) is 2. The van der Waals surface area contributed by atoms with Crippen molar-refractivity contribution in [3.05, 3.63) is 42.5 Å². The van der Waals surface area contributed by atoms with Crippen LogP contribution in [0.1, 0.15) is 13.8 Å². The molecule has 0 amide bonds. The summed E-state index contributed by atoms with van der Waals surface area (Å²) in [5, 5.41) is 2.06. The average molecular weight is 199 g/mol. The zero-order valence-corrected chi connectivity index (χ0v) is 8.90. The van der Waals surface area contributed by atoms with Crippen molar-refractivity contribution < 1.29 is 4.79 Å². The highest BCUT2D eigenvalue weighted by Gasteiger charge is 1.96. The van der Waals surface area contributed by atoms with Crippen molar-refractivity contribution >= 4 is 22.5 Å². The lowest BCUT2D eigenvalue weighted by Gasteiger charge is -1.98. The molecule has 2 heteroatoms. The normalized spacial score (nSPS) is 8.67. The molecule has 15 heavy (non-hydrogen) atoms. The summed E-state index contributed by atoms with van der Waals surface area (Å²) >= 11 is 0. The van der Waals surface area contributed by atoms with Crippen LogP contribution in [0, 0.1) is 0 Å². The van der Waals surface area contributed by atoms with Gasteiger partial charge in [-0.05, 0) is 11.5 Å². The molecule has 0 N–H and O–H groups in total. The Kier molecular flexibility index (Phi) is 4.27. The predicted molar refractivity (Wildman–Crippen MR) is 63.1 cm³/mol. The standard InChI is InChI=1S/C11H7NO.C2H6/c13-8-12-11-7-3-5-9-4-1-2-6-10(9)11;1-2/h1-7H;1-2H3. The lowest BCUT2D eigenvalue weighted by Crippen LogP contribution is -1.71. The molecule has 0 saturated heterocycles. The van der Waals surface area contributed by atoms with E-state index < -0.39 is 0 Å². The van der Waals surface area contributed by atoms with Crippen molar-refractivity contribution in [1.29, 1.82) is 0 Å². The summed E-state index contributed by atoms with van der Waals surface area (Å²) < 4.78 is 0. The number of benzene rings is 2. The Labute approximate surface area is 89.3 Å². The van der Waals surface area contributed by atoms with E-state index in [1.807, 2.05) is 50.2 Å². The van der Waals surface area contributed by atoms with Crippen LogP contribution in [-0.4, -0.2) is 6.08 Å². The van der Waals surface area contributed by atoms with Gasteiger partial charge in [-0.2, -0.15) is 4.99 Å². The van der Waals surface area contributed by atoms with Crippen molar-refractivity contribution in [2.45, 2.75) is 13.8 Å². The molecular formula is C13H13NO. The molecule has 2 aromatic rings. The van der Waals surface area contributed by atoms with E-state index in [2.05, 4.69) is 4.99 Å². The van der Waals surface area contributed by atoms with Crippen LogP contribution >= 0.6 is 0 Å². The zero-order valence-electron chi connectivity index (χ0n) is 8.90. The second-order valence-corrected chi connectivity index (χ2v) is 2.70. The maximum Gasteiger partial charge on any atom is 0.240 e. The first-order chi connectivity index (χ1) is 7.42. The molecule has 0 radical (unpaired) electrons. The van der Waals surface area contributed by atoms with E-state index in [0.29, 0.717) is 5.69 Å². The number of aliphatic imine (C=N–C) groups is 1. The summed E-state index contributed by atoms with van der Waals surface area (Å²) in [7, 11) is 0. The van der Waals surface area contributed by atoms with E-state index >= 15 is 0 Å². The molecule has 0 unspecified atom stereocenters. The third kappa shape index (κ3) is 2.52. The molecule has 0 heterocycles. The third-order valence-corrected chi connectivity index (χ3v) is 1.93. The molecule has 76 valence electrons. The molecule has 2 rings (SSSR count). The van der Waals surface area contributed by atoms with Gasteiger partial charge in [-0.15, -0.1) is 0 Å². The Bertz CT molecular complexity index is 479. The molecule has 0 saturated carbocycles. The molecule has 0 atom stereocenters. The van der Waals surface area contributed by atoms with Crippen LogP contribution in [0.3, 0.4) is 0 Å². The van der Waals surface area contributed by atoms with Gasteiger partial charge in [-0.25, -0.2) is 4.79 Å². The van der Waals surface area contributed by atoms with E-state index in [1.165, 1.54) is 0 Å². The van der Waals surface area contributed by atoms with Crippen LogP contribution in [-0.2, 0) is 4.79 Å². The van der Waals surface area contributed by atoms with Crippen LogP contribution in [0.4, 0.5) is 5.69 Å². The summed E-state index contributed by atoms with van der Waals surface area (Å²) in [6.45, 7) is 4.00. The quantitative estimate of drug-likeness (QED) is 0.507. The van der Waals surface area contributed by atoms with Gasteiger partial charge in [0.05, 0.1) is 5.69 Å². The number of isocyanates is 1. The molecule has 0 fully saturated rings. The van der Waals surface area contributed by atoms with Crippen LogP contribution in [0.25, 0.3) is 10.8 Å². The van der Waals surface area contributed by atoms with Crippen LogP contribution in [0.5, 0.6) is 0 Å². The number of rotatable bonds is 1. The molecule has 0 bridgehead atoms. The summed E-state index contributed by atoms with van der Waals surface area (Å²) in [5.41, 5.74) is 0.674. The lowest BCUT2D eigenvalue weighted by atomic mass is 10.1. The van der Waals surface area contributed by atoms with Gasteiger partial charge in [0.25, 0.3) is 0 Å². The SMILES string of the molecule is CC.O=C=Nc1cccc2ccccc12. The van der Waals surface area contributed by atoms with Crippen LogP contribution in [0.15, 0.2) is 47.5 Å². The van der Waals surface area contributed by atoms with Crippen LogP contribution in [0.2, 0.25) is 0 Å². The Morgan fingerprint density at radius 3 is 2.40 bits per heavy atom. The van der Waals surface area contributed by atoms with E-state index in [-0.39, 0.29) is 0 Å². The van der Waals surface area contributed by atoms with Gasteiger partial charge in [0.15, 0.2) is 0 Å². The van der Waals surface area contributed by atoms with E-state index in [0.717, 1.165) is 10.8 Å². The van der Waals surface area contributed by atoms with Crippen molar-refractivity contribution in [3.8, 4) is 0 Å². The molecular weight excluding hydrogens is 186 g/mol. The first-order valence-corrected chi connectivity index (χ1v) is 4.97. The molecule has 0 aliphatic carbocycles. The van der Waals surface area contributed by atoms with Crippen molar-refractivity contribution in [3.63, 3.8) is 0 Å². The van der Waals surface area contributed by atoms with Gasteiger partial charge < -0.3 is 0 Å². The maximum absolute atomic E-state index is 10.1. The van der Waals surface area contributed by atoms with Crippen molar-refractivity contribution in [2.24, 2.45) is 4.99 Å². The fourth-order valence-corrected chi connectivity index (χ4v) is 1.35. The van der Waals surface area contributed by atoms with E-state index in [1.54, 1.807) is 12.1 Å². The van der Waals surface area contributed by atoms with Crippen molar-refractivity contribution in [1.82, 2.24) is 0 Å². The second-order valence-electron chi connectivity index (χ2n) is 2.70. The van der Waals surface area contributed by atoms with Gasteiger partial charge in [0.1, 0.15) is 0 Å². The Balaban J connectivity index is 0.000000531. The number of fused-ring (bicyclic) bond motifs is 1. The van der Waals surface area contributed by atoms with Crippen molar-refractivity contribution in [2.75, 3.05) is 0 Å². The molecule has 0 aromatic heterocycles. The molecule has 2 aromatic carbocycles. The number of carbonyl (C=O) groups excluding carboxylic acids is 1. The smallest absolute Gasteiger partial charge is 0.211 e. The van der Waals surface area contributed by atoms with Gasteiger partial charge in [0, 0.05) is 5.39 Å². The highest BCUT2D eigenvalue weighted by Crippen LogP contribution is 2.24. The largest absolute Gasteiger partial charge is 0.240 e. The number of nitrogens with zero attached hydrogens (tertiary/aromatic N) is 1. The van der Waals surface area contributed by atoms with Gasteiger partial charge in [-0.1, -0.05) is 50.2 Å². The third-order valence-electron chi connectivity index (χ3n) is 1.93. The minimum atomic E-state index is 0.674. The van der Waals surface area contributed by atoms with E-state index in [9.17, 15) is 4.79 Å². The van der Waals surface area contributed by atoms with E-state index in [4.69, 9.17) is 0 Å². The number of hydrogen-bond donors (Lipinski definition) is 0. The summed E-state index contributed by atoms with van der Waals surface area (Å²) in [5.74, 6) is 0. The zero-order chi connectivity index (χ0) is 11.1. The Morgan fingerprint density at radius 1 is 1.00 bits per heavy atom. The monoisotopic (exact) mass is 199 g/mol. The van der Waals surface area contributed by atoms with Gasteiger partial charge in [-0.3, -0.25) is 0 Å². The first kappa shape index (κ1) is 11.2.